The van der Waals surface area contributed by atoms with Gasteiger partial charge >= 0.3 is 0 Å². The number of hydrogen-bond acceptors (Lipinski definition) is 0. The van der Waals surface area contributed by atoms with Crippen molar-refractivity contribution >= 4 is 75.4 Å². The van der Waals surface area contributed by atoms with Crippen LogP contribution >= 0.6 is 0 Å². The average Bonchev–Trinajstić information content (AvgIpc) is 3.53. The van der Waals surface area contributed by atoms with Crippen molar-refractivity contribution in [1.29, 1.82) is 0 Å². The lowest BCUT2D eigenvalue weighted by Crippen LogP contribution is -2.16. The summed E-state index contributed by atoms with van der Waals surface area (Å²) in [6, 6.07) is 40.0. The zero-order valence-electron chi connectivity index (χ0n) is 29.8. The molecule has 0 saturated carbocycles. The van der Waals surface area contributed by atoms with E-state index in [1.807, 2.05) is 0 Å². The quantitative estimate of drug-likeness (QED) is 0.160. The standard InChI is InChI=1S/C48H44/c1-46(2,3)29-23-28(24-30(25-29)47(4,5)6)40-42-36-22-14-19-33-31-17-10-11-18-32(31)37(41(33)36)26-38(42)45(48(7,8)9)44-35-21-13-16-27-15-12-20-34(39(27)35)43(40)44/h10-26H,1-9H3. The van der Waals surface area contributed by atoms with E-state index in [-0.39, 0.29) is 16.2 Å². The monoisotopic (exact) mass is 620 g/mol. The van der Waals surface area contributed by atoms with Crippen LogP contribution in [-0.4, -0.2) is 0 Å². The molecule has 48 heavy (non-hydrogen) atoms. The number of benzene rings is 7. The Labute approximate surface area is 284 Å². The first-order valence-corrected chi connectivity index (χ1v) is 17.6. The second-order valence-electron chi connectivity index (χ2n) is 17.4. The van der Waals surface area contributed by atoms with Gasteiger partial charge in [-0.25, -0.2) is 0 Å². The molecule has 0 heteroatoms. The van der Waals surface area contributed by atoms with E-state index in [9.17, 15) is 0 Å². The predicted molar refractivity (Wildman–Crippen MR) is 213 cm³/mol. The van der Waals surface area contributed by atoms with Crippen molar-refractivity contribution in [3.8, 4) is 11.1 Å². The average molecular weight is 621 g/mol. The third-order valence-electron chi connectivity index (χ3n) is 11.1. The van der Waals surface area contributed by atoms with Crippen molar-refractivity contribution in [2.24, 2.45) is 0 Å². The zero-order chi connectivity index (χ0) is 33.5. The first-order chi connectivity index (χ1) is 22.7. The molecule has 0 atom stereocenters. The van der Waals surface area contributed by atoms with Crippen LogP contribution in [0.25, 0.3) is 86.5 Å². The van der Waals surface area contributed by atoms with Gasteiger partial charge in [0.1, 0.15) is 0 Å². The van der Waals surface area contributed by atoms with Gasteiger partial charge in [0.05, 0.1) is 0 Å². The summed E-state index contributed by atoms with van der Waals surface area (Å²) in [5, 5.41) is 19.2. The van der Waals surface area contributed by atoms with E-state index in [0.717, 1.165) is 0 Å². The van der Waals surface area contributed by atoms with E-state index in [4.69, 9.17) is 0 Å². The number of hydrogen-bond donors (Lipinski definition) is 0. The van der Waals surface area contributed by atoms with Crippen molar-refractivity contribution < 1.29 is 0 Å². The van der Waals surface area contributed by atoms with Gasteiger partial charge in [0, 0.05) is 0 Å². The highest BCUT2D eigenvalue weighted by atomic mass is 14.3. The predicted octanol–water partition coefficient (Wildman–Crippen LogP) is 14.2. The summed E-state index contributed by atoms with van der Waals surface area (Å²) in [6.45, 7) is 21.4. The van der Waals surface area contributed by atoms with Crippen molar-refractivity contribution in [3.63, 3.8) is 0 Å². The third kappa shape index (κ3) is 3.96. The van der Waals surface area contributed by atoms with Gasteiger partial charge in [-0.3, -0.25) is 0 Å². The highest BCUT2D eigenvalue weighted by molar-refractivity contribution is 6.42. The van der Waals surface area contributed by atoms with Gasteiger partial charge < -0.3 is 0 Å². The molecule has 0 nitrogen and oxygen atoms in total. The second kappa shape index (κ2) is 9.48. The lowest BCUT2D eigenvalue weighted by Gasteiger charge is -2.29. The van der Waals surface area contributed by atoms with Crippen molar-refractivity contribution in [2.75, 3.05) is 0 Å². The summed E-state index contributed by atoms with van der Waals surface area (Å²) < 4.78 is 0. The Morgan fingerprint density at radius 1 is 0.333 bits per heavy atom. The van der Waals surface area contributed by atoms with Gasteiger partial charge in [-0.15, -0.1) is 0 Å². The SMILES string of the molecule is CC(C)(C)c1cc(-c2c3c(cc4c5ccccc5c5cccc3c54)c(C(C)(C)C)c3c4cccc5cccc(c23)c54)cc(C(C)(C)C)c1. The fourth-order valence-corrected chi connectivity index (χ4v) is 8.85. The van der Waals surface area contributed by atoms with Crippen LogP contribution in [0.3, 0.4) is 0 Å². The van der Waals surface area contributed by atoms with Crippen LogP contribution < -0.4 is 0 Å². The molecule has 9 rings (SSSR count). The molecule has 0 fully saturated rings. The minimum absolute atomic E-state index is 0.0102. The molecule has 0 aliphatic rings. The molecule has 0 aliphatic heterocycles. The molecule has 0 N–H and O–H groups in total. The Hall–Kier alpha value is -4.68. The van der Waals surface area contributed by atoms with Crippen molar-refractivity contribution in [3.05, 3.63) is 120 Å². The molecule has 0 heterocycles. The minimum Gasteiger partial charge on any atom is -0.0616 e. The van der Waals surface area contributed by atoms with Crippen LogP contribution in [0.2, 0.25) is 0 Å². The highest BCUT2D eigenvalue weighted by Gasteiger charge is 2.31. The van der Waals surface area contributed by atoms with Crippen LogP contribution in [0.5, 0.6) is 0 Å². The minimum atomic E-state index is -0.0922. The smallest absolute Gasteiger partial charge is 0.00105 e. The molecule has 9 aromatic rings. The maximum Gasteiger partial charge on any atom is -0.00105 e. The number of rotatable bonds is 1. The van der Waals surface area contributed by atoms with E-state index in [1.165, 1.54) is 103 Å². The molecular formula is C48H44. The Morgan fingerprint density at radius 3 is 1.42 bits per heavy atom. The van der Waals surface area contributed by atoms with Crippen LogP contribution in [0.4, 0.5) is 0 Å². The lowest BCUT2D eigenvalue weighted by atomic mass is 9.75. The Kier molecular flexibility index (Phi) is 5.82. The summed E-state index contributed by atoms with van der Waals surface area (Å²) in [5.74, 6) is 0. The van der Waals surface area contributed by atoms with Gasteiger partial charge in [0.2, 0.25) is 0 Å². The van der Waals surface area contributed by atoms with E-state index >= 15 is 0 Å². The van der Waals surface area contributed by atoms with E-state index in [2.05, 4.69) is 165 Å². The van der Waals surface area contributed by atoms with Crippen LogP contribution in [0.15, 0.2) is 103 Å². The molecule has 0 aliphatic carbocycles. The molecule has 0 amide bonds. The van der Waals surface area contributed by atoms with E-state index in [0.29, 0.717) is 0 Å². The molecule has 0 bridgehead atoms. The van der Waals surface area contributed by atoms with Crippen LogP contribution in [0, 0.1) is 0 Å². The zero-order valence-corrected chi connectivity index (χ0v) is 29.8. The number of fused-ring (bicyclic) bond motifs is 8. The summed E-state index contributed by atoms with van der Waals surface area (Å²) in [5.41, 5.74) is 6.87. The lowest BCUT2D eigenvalue weighted by molar-refractivity contribution is 0.569. The van der Waals surface area contributed by atoms with Gasteiger partial charge in [-0.2, -0.15) is 0 Å². The molecule has 0 aromatic heterocycles. The van der Waals surface area contributed by atoms with E-state index < -0.39 is 0 Å². The maximum atomic E-state index is 2.57. The third-order valence-corrected chi connectivity index (χ3v) is 11.1. The largest absolute Gasteiger partial charge is 0.0616 e. The van der Waals surface area contributed by atoms with Gasteiger partial charge in [0.15, 0.2) is 0 Å². The van der Waals surface area contributed by atoms with Crippen molar-refractivity contribution in [1.82, 2.24) is 0 Å². The fraction of sp³-hybridized carbons (Fsp3) is 0.250. The first kappa shape index (κ1) is 29.5. The molecule has 0 unspecified atom stereocenters. The summed E-state index contributed by atoms with van der Waals surface area (Å²) in [6.07, 6.45) is 0. The summed E-state index contributed by atoms with van der Waals surface area (Å²) in [7, 11) is 0. The van der Waals surface area contributed by atoms with Crippen LogP contribution in [0.1, 0.15) is 79.0 Å². The maximum absolute atomic E-state index is 2.57. The molecule has 236 valence electrons. The Morgan fingerprint density at radius 2 is 0.833 bits per heavy atom. The molecule has 0 saturated heterocycles. The van der Waals surface area contributed by atoms with Gasteiger partial charge in [-0.05, 0) is 126 Å². The Balaban J connectivity index is 1.66. The van der Waals surface area contributed by atoms with E-state index in [1.54, 1.807) is 0 Å². The fourth-order valence-electron chi connectivity index (χ4n) is 8.85. The molecular weight excluding hydrogens is 577 g/mol. The Bertz CT molecular complexity index is 2710. The second-order valence-corrected chi connectivity index (χ2v) is 17.4. The van der Waals surface area contributed by atoms with Crippen molar-refractivity contribution in [2.45, 2.75) is 78.6 Å². The van der Waals surface area contributed by atoms with Gasteiger partial charge in [0.25, 0.3) is 0 Å². The van der Waals surface area contributed by atoms with Crippen LogP contribution in [-0.2, 0) is 16.2 Å². The molecule has 0 radical (unpaired) electrons. The summed E-state index contributed by atoms with van der Waals surface area (Å²) >= 11 is 0. The highest BCUT2D eigenvalue weighted by Crippen LogP contribution is 2.54. The molecule has 0 spiro atoms. The van der Waals surface area contributed by atoms with Gasteiger partial charge in [-0.1, -0.05) is 159 Å². The topological polar surface area (TPSA) is 0 Å². The summed E-state index contributed by atoms with van der Waals surface area (Å²) in [4.78, 5) is 0. The normalized spacial score (nSPS) is 13.5. The molecule has 9 aromatic carbocycles. The first-order valence-electron chi connectivity index (χ1n) is 17.6.